The van der Waals surface area contributed by atoms with Crippen molar-refractivity contribution in [2.45, 2.75) is 44.1 Å². The van der Waals surface area contributed by atoms with Crippen LogP contribution in [0.5, 0.6) is 0 Å². The van der Waals surface area contributed by atoms with E-state index < -0.39 is 11.6 Å². The molecule has 1 aliphatic heterocycles. The van der Waals surface area contributed by atoms with Gasteiger partial charge in [0.05, 0.1) is 5.54 Å². The zero-order chi connectivity index (χ0) is 16.6. The Bertz CT molecular complexity index is 792. The van der Waals surface area contributed by atoms with Gasteiger partial charge >= 0.3 is 0 Å². The molecule has 1 aliphatic carbocycles. The molecule has 0 unspecified atom stereocenters. The standard InChI is InChI=1S/C20H20F2N2/c21-17-9-8-15(12-18(17)22)23-19-16-7-3-2-6-14(16)13-20(24-19)10-4-1-5-11-20/h2-3,6-9,12H,1,4-5,10-11,13H2,(H,23,24). The van der Waals surface area contributed by atoms with Gasteiger partial charge in [-0.3, -0.25) is 4.99 Å². The first-order valence-corrected chi connectivity index (χ1v) is 8.55. The molecule has 0 radical (unpaired) electrons. The molecule has 0 atom stereocenters. The highest BCUT2D eigenvalue weighted by atomic mass is 19.2. The Hall–Kier alpha value is -2.23. The van der Waals surface area contributed by atoms with Crippen LogP contribution in [0.15, 0.2) is 47.5 Å². The number of fused-ring (bicyclic) bond motifs is 1. The second-order valence-corrected chi connectivity index (χ2v) is 6.83. The quantitative estimate of drug-likeness (QED) is 0.776. The lowest BCUT2D eigenvalue weighted by atomic mass is 9.75. The molecule has 1 saturated carbocycles. The molecule has 0 aromatic heterocycles. The van der Waals surface area contributed by atoms with Gasteiger partial charge in [-0.05, 0) is 37.0 Å². The summed E-state index contributed by atoms with van der Waals surface area (Å²) >= 11 is 0. The number of hydrogen-bond donors (Lipinski definition) is 1. The third kappa shape index (κ3) is 2.81. The van der Waals surface area contributed by atoms with Gasteiger partial charge in [-0.2, -0.15) is 0 Å². The summed E-state index contributed by atoms with van der Waals surface area (Å²) in [5.74, 6) is -0.919. The maximum Gasteiger partial charge on any atom is 0.160 e. The third-order valence-electron chi connectivity index (χ3n) is 5.11. The summed E-state index contributed by atoms with van der Waals surface area (Å²) in [6.07, 6.45) is 6.81. The molecule has 1 fully saturated rings. The van der Waals surface area contributed by atoms with Gasteiger partial charge in [-0.1, -0.05) is 43.5 Å². The molecule has 0 saturated heterocycles. The Morgan fingerprint density at radius 3 is 2.50 bits per heavy atom. The van der Waals surface area contributed by atoms with E-state index in [2.05, 4.69) is 17.4 Å². The Balaban J connectivity index is 1.73. The van der Waals surface area contributed by atoms with E-state index in [0.717, 1.165) is 36.7 Å². The van der Waals surface area contributed by atoms with Gasteiger partial charge in [0, 0.05) is 17.3 Å². The number of nitrogens with one attached hydrogen (secondary N) is 1. The van der Waals surface area contributed by atoms with E-state index >= 15 is 0 Å². The Kier molecular flexibility index (Phi) is 3.83. The molecular formula is C20H20F2N2. The minimum absolute atomic E-state index is 0.0481. The van der Waals surface area contributed by atoms with Gasteiger partial charge in [0.25, 0.3) is 0 Å². The van der Waals surface area contributed by atoms with Crippen LogP contribution in [0.25, 0.3) is 0 Å². The highest BCUT2D eigenvalue weighted by molar-refractivity contribution is 6.10. The van der Waals surface area contributed by atoms with Crippen molar-refractivity contribution < 1.29 is 8.78 Å². The van der Waals surface area contributed by atoms with E-state index in [0.29, 0.717) is 5.69 Å². The Labute approximate surface area is 140 Å². The first kappa shape index (κ1) is 15.3. The summed E-state index contributed by atoms with van der Waals surface area (Å²) in [7, 11) is 0. The zero-order valence-corrected chi connectivity index (χ0v) is 13.5. The van der Waals surface area contributed by atoms with E-state index in [-0.39, 0.29) is 5.54 Å². The monoisotopic (exact) mass is 326 g/mol. The van der Waals surface area contributed by atoms with Crippen LogP contribution in [0.2, 0.25) is 0 Å². The molecule has 0 bridgehead atoms. The van der Waals surface area contributed by atoms with Gasteiger partial charge < -0.3 is 5.32 Å². The summed E-state index contributed by atoms with van der Waals surface area (Å²) in [6.45, 7) is 0. The Morgan fingerprint density at radius 1 is 0.917 bits per heavy atom. The number of rotatable bonds is 1. The highest BCUT2D eigenvalue weighted by Gasteiger charge is 2.36. The number of amidine groups is 1. The molecular weight excluding hydrogens is 306 g/mol. The third-order valence-corrected chi connectivity index (χ3v) is 5.11. The SMILES string of the molecule is Fc1ccc(NC2=NC3(CCCCC3)Cc3ccccc32)cc1F. The molecule has 1 N–H and O–H groups in total. The summed E-state index contributed by atoms with van der Waals surface area (Å²) in [5.41, 5.74) is 2.81. The average molecular weight is 326 g/mol. The van der Waals surface area contributed by atoms with Crippen molar-refractivity contribution >= 4 is 11.5 Å². The van der Waals surface area contributed by atoms with E-state index in [9.17, 15) is 8.78 Å². The lowest BCUT2D eigenvalue weighted by Crippen LogP contribution is -2.39. The van der Waals surface area contributed by atoms with E-state index in [1.165, 1.54) is 30.9 Å². The van der Waals surface area contributed by atoms with Crippen LogP contribution in [-0.4, -0.2) is 11.4 Å². The van der Waals surface area contributed by atoms with Gasteiger partial charge in [0.2, 0.25) is 0 Å². The first-order valence-electron chi connectivity index (χ1n) is 8.55. The largest absolute Gasteiger partial charge is 0.340 e. The van der Waals surface area contributed by atoms with Gasteiger partial charge in [-0.15, -0.1) is 0 Å². The number of halogens is 2. The number of hydrogen-bond acceptors (Lipinski definition) is 2. The predicted molar refractivity (Wildman–Crippen MR) is 92.5 cm³/mol. The van der Waals surface area contributed by atoms with Gasteiger partial charge in [0.1, 0.15) is 5.84 Å². The second kappa shape index (κ2) is 6.00. The van der Waals surface area contributed by atoms with Crippen molar-refractivity contribution in [1.82, 2.24) is 0 Å². The van der Waals surface area contributed by atoms with Crippen LogP contribution < -0.4 is 5.32 Å². The summed E-state index contributed by atoms with van der Waals surface area (Å²) < 4.78 is 26.7. The zero-order valence-electron chi connectivity index (χ0n) is 13.5. The van der Waals surface area contributed by atoms with Crippen molar-refractivity contribution in [3.8, 4) is 0 Å². The van der Waals surface area contributed by atoms with E-state index in [1.807, 2.05) is 12.1 Å². The topological polar surface area (TPSA) is 24.4 Å². The predicted octanol–water partition coefficient (Wildman–Crippen LogP) is 5.08. The van der Waals surface area contributed by atoms with Crippen molar-refractivity contribution in [2.24, 2.45) is 4.99 Å². The van der Waals surface area contributed by atoms with Crippen molar-refractivity contribution in [1.29, 1.82) is 0 Å². The van der Waals surface area contributed by atoms with E-state index in [1.54, 1.807) is 6.07 Å². The normalized spacial score (nSPS) is 18.8. The molecule has 0 amide bonds. The van der Waals surface area contributed by atoms with Crippen LogP contribution in [0.4, 0.5) is 14.5 Å². The lowest BCUT2D eigenvalue weighted by Gasteiger charge is -2.38. The van der Waals surface area contributed by atoms with E-state index in [4.69, 9.17) is 4.99 Å². The van der Waals surface area contributed by atoms with Gasteiger partial charge in [-0.25, -0.2) is 8.78 Å². The molecule has 2 aliphatic rings. The molecule has 24 heavy (non-hydrogen) atoms. The van der Waals surface area contributed by atoms with Crippen LogP contribution in [-0.2, 0) is 6.42 Å². The van der Waals surface area contributed by atoms with Crippen molar-refractivity contribution in [3.05, 3.63) is 65.2 Å². The molecule has 1 heterocycles. The maximum absolute atomic E-state index is 13.5. The minimum Gasteiger partial charge on any atom is -0.340 e. The van der Waals surface area contributed by atoms with Crippen LogP contribution >= 0.6 is 0 Å². The second-order valence-electron chi connectivity index (χ2n) is 6.83. The van der Waals surface area contributed by atoms with Crippen molar-refractivity contribution in [2.75, 3.05) is 5.32 Å². The highest BCUT2D eigenvalue weighted by Crippen LogP contribution is 2.39. The van der Waals surface area contributed by atoms with Crippen LogP contribution in [0.3, 0.4) is 0 Å². The smallest absolute Gasteiger partial charge is 0.160 e. The van der Waals surface area contributed by atoms with Crippen molar-refractivity contribution in [3.63, 3.8) is 0 Å². The maximum atomic E-state index is 13.5. The fourth-order valence-corrected chi connectivity index (χ4v) is 3.90. The average Bonchev–Trinajstić information content (AvgIpc) is 2.59. The molecule has 4 rings (SSSR count). The summed E-state index contributed by atoms with van der Waals surface area (Å²) in [6, 6.07) is 12.1. The first-order chi connectivity index (χ1) is 11.7. The Morgan fingerprint density at radius 2 is 1.71 bits per heavy atom. The molecule has 2 aromatic carbocycles. The van der Waals surface area contributed by atoms with Crippen LogP contribution in [0, 0.1) is 11.6 Å². The molecule has 1 spiro atoms. The molecule has 124 valence electrons. The molecule has 2 aromatic rings. The summed E-state index contributed by atoms with van der Waals surface area (Å²) in [5, 5.41) is 3.22. The van der Waals surface area contributed by atoms with Gasteiger partial charge in [0.15, 0.2) is 11.6 Å². The number of aliphatic imine (C=N–C) groups is 1. The summed E-state index contributed by atoms with van der Waals surface area (Å²) in [4.78, 5) is 5.05. The minimum atomic E-state index is -0.850. The number of anilines is 1. The number of benzene rings is 2. The number of nitrogens with zero attached hydrogens (tertiary/aromatic N) is 1. The fraction of sp³-hybridized carbons (Fsp3) is 0.350. The fourth-order valence-electron chi connectivity index (χ4n) is 3.90. The van der Waals surface area contributed by atoms with Crippen LogP contribution in [0.1, 0.15) is 43.2 Å². The molecule has 2 nitrogen and oxygen atoms in total. The molecule has 4 heteroatoms. The lowest BCUT2D eigenvalue weighted by molar-refractivity contribution is 0.294.